The van der Waals surface area contributed by atoms with E-state index in [-0.39, 0.29) is 0 Å². The molecule has 0 heterocycles. The van der Waals surface area contributed by atoms with E-state index in [0.717, 1.165) is 11.3 Å². The fourth-order valence-electron chi connectivity index (χ4n) is 4.32. The molecule has 0 aromatic carbocycles. The van der Waals surface area contributed by atoms with Crippen molar-refractivity contribution in [1.82, 2.24) is 0 Å². The van der Waals surface area contributed by atoms with E-state index in [1.165, 1.54) is 64.2 Å². The highest BCUT2D eigenvalue weighted by molar-refractivity contribution is 5.20. The summed E-state index contributed by atoms with van der Waals surface area (Å²) >= 11 is 0. The second kappa shape index (κ2) is 3.96. The Bertz CT molecular complexity index is 253. The summed E-state index contributed by atoms with van der Waals surface area (Å²) in [6.45, 7) is 0. The minimum atomic E-state index is 0.724. The Balaban J connectivity index is 1.78. The Labute approximate surface area is 94.1 Å². The molecule has 3 aliphatic rings. The van der Waals surface area contributed by atoms with Crippen LogP contribution in [0.3, 0.4) is 0 Å². The Kier molecular flexibility index (Phi) is 2.62. The Morgan fingerprint density at radius 3 is 2.53 bits per heavy atom. The van der Waals surface area contributed by atoms with Crippen LogP contribution in [0.2, 0.25) is 0 Å². The van der Waals surface area contributed by atoms with Crippen LogP contribution in [-0.2, 0) is 0 Å². The van der Waals surface area contributed by atoms with Crippen LogP contribution in [0, 0.1) is 11.3 Å². The molecule has 0 spiro atoms. The predicted molar refractivity (Wildman–Crippen MR) is 64.8 cm³/mol. The van der Waals surface area contributed by atoms with Crippen molar-refractivity contribution in [3.05, 3.63) is 11.6 Å². The first-order chi connectivity index (χ1) is 7.39. The molecule has 0 aliphatic heterocycles. The van der Waals surface area contributed by atoms with Gasteiger partial charge in [0.2, 0.25) is 0 Å². The maximum Gasteiger partial charge on any atom is -0.00853 e. The summed E-state index contributed by atoms with van der Waals surface area (Å²) in [6.07, 6.45) is 19.0. The number of hydrogen-bond donors (Lipinski definition) is 0. The lowest BCUT2D eigenvalue weighted by atomic mass is 9.74. The zero-order valence-electron chi connectivity index (χ0n) is 9.93. The molecular weight excluding hydrogens is 180 g/mol. The molecule has 0 atom stereocenters. The number of allylic oxidation sites excluding steroid dienone is 2. The second-order valence-corrected chi connectivity index (χ2v) is 6.11. The van der Waals surface area contributed by atoms with E-state index < -0.39 is 0 Å². The fraction of sp³-hybridized carbons (Fsp3) is 0.867. The smallest absolute Gasteiger partial charge is 0.00853 e. The van der Waals surface area contributed by atoms with E-state index >= 15 is 0 Å². The largest absolute Gasteiger partial charge is 0.0848 e. The maximum atomic E-state index is 2.65. The molecule has 15 heavy (non-hydrogen) atoms. The van der Waals surface area contributed by atoms with Gasteiger partial charge in [0.1, 0.15) is 0 Å². The van der Waals surface area contributed by atoms with E-state index in [1.54, 1.807) is 6.42 Å². The van der Waals surface area contributed by atoms with Gasteiger partial charge in [-0.25, -0.2) is 0 Å². The first-order valence-electron chi connectivity index (χ1n) is 7.09. The highest BCUT2D eigenvalue weighted by atomic mass is 14.5. The Hall–Kier alpha value is -0.260. The molecule has 3 rings (SSSR count). The summed E-state index contributed by atoms with van der Waals surface area (Å²) in [5.74, 6) is 1.11. The number of rotatable bonds is 1. The van der Waals surface area contributed by atoms with Gasteiger partial charge in [-0.05, 0) is 69.1 Å². The van der Waals surface area contributed by atoms with E-state index in [4.69, 9.17) is 0 Å². The van der Waals surface area contributed by atoms with Crippen molar-refractivity contribution in [3.63, 3.8) is 0 Å². The minimum absolute atomic E-state index is 0.724. The van der Waals surface area contributed by atoms with Gasteiger partial charge in [0.25, 0.3) is 0 Å². The highest BCUT2D eigenvalue weighted by Gasteiger charge is 2.46. The van der Waals surface area contributed by atoms with Crippen LogP contribution in [0.25, 0.3) is 0 Å². The number of hydrogen-bond acceptors (Lipinski definition) is 0. The summed E-state index contributed by atoms with van der Waals surface area (Å²) in [5, 5.41) is 0. The van der Waals surface area contributed by atoms with Crippen LogP contribution in [0.1, 0.15) is 70.6 Å². The predicted octanol–water partition coefficient (Wildman–Crippen LogP) is 4.85. The molecule has 2 fully saturated rings. The van der Waals surface area contributed by atoms with Gasteiger partial charge in [0.05, 0.1) is 0 Å². The van der Waals surface area contributed by atoms with Gasteiger partial charge in [-0.2, -0.15) is 0 Å². The van der Waals surface area contributed by atoms with Gasteiger partial charge in [0, 0.05) is 0 Å². The van der Waals surface area contributed by atoms with Crippen LogP contribution in [0.5, 0.6) is 0 Å². The molecule has 3 aliphatic carbocycles. The third kappa shape index (κ3) is 1.77. The number of fused-ring (bicyclic) bond motifs is 2. The molecule has 0 aromatic rings. The van der Waals surface area contributed by atoms with Gasteiger partial charge >= 0.3 is 0 Å². The Morgan fingerprint density at radius 1 is 1.00 bits per heavy atom. The van der Waals surface area contributed by atoms with E-state index in [0.29, 0.717) is 0 Å². The quantitative estimate of drug-likeness (QED) is 0.536. The van der Waals surface area contributed by atoms with Gasteiger partial charge in [-0.3, -0.25) is 0 Å². The average Bonchev–Trinajstić information content (AvgIpc) is 2.77. The van der Waals surface area contributed by atoms with Gasteiger partial charge in [-0.1, -0.05) is 24.5 Å². The molecule has 0 saturated heterocycles. The molecule has 0 radical (unpaired) electrons. The summed E-state index contributed by atoms with van der Waals surface area (Å²) in [6, 6.07) is 0. The standard InChI is InChI=1S/C15H24/c1-2-4-6-14(7-5-3-1)15-10-8-13(12-15)9-11-15/h6,13H,1-5,7-12H2. The topological polar surface area (TPSA) is 0 Å². The highest BCUT2D eigenvalue weighted by Crippen LogP contribution is 2.59. The fourth-order valence-corrected chi connectivity index (χ4v) is 4.32. The first-order valence-corrected chi connectivity index (χ1v) is 7.09. The summed E-state index contributed by atoms with van der Waals surface area (Å²) in [7, 11) is 0. The Morgan fingerprint density at radius 2 is 1.80 bits per heavy atom. The molecule has 0 aromatic heterocycles. The van der Waals surface area contributed by atoms with Gasteiger partial charge in [0.15, 0.2) is 0 Å². The molecule has 0 heteroatoms. The lowest BCUT2D eigenvalue weighted by molar-refractivity contribution is 0.342. The van der Waals surface area contributed by atoms with Crippen LogP contribution in [0.4, 0.5) is 0 Å². The van der Waals surface area contributed by atoms with Crippen molar-refractivity contribution in [3.8, 4) is 0 Å². The zero-order chi connectivity index (χ0) is 10.1. The third-order valence-electron chi connectivity index (χ3n) is 5.21. The molecule has 0 unspecified atom stereocenters. The molecule has 84 valence electrons. The van der Waals surface area contributed by atoms with Crippen molar-refractivity contribution < 1.29 is 0 Å². The molecular formula is C15H24. The normalized spacial score (nSPS) is 41.1. The van der Waals surface area contributed by atoms with Crippen molar-refractivity contribution in [2.45, 2.75) is 70.6 Å². The van der Waals surface area contributed by atoms with Crippen molar-refractivity contribution >= 4 is 0 Å². The lowest BCUT2D eigenvalue weighted by Gasteiger charge is -2.31. The monoisotopic (exact) mass is 204 g/mol. The van der Waals surface area contributed by atoms with Gasteiger partial charge in [-0.15, -0.1) is 0 Å². The molecule has 0 nitrogen and oxygen atoms in total. The van der Waals surface area contributed by atoms with Crippen molar-refractivity contribution in [2.24, 2.45) is 11.3 Å². The SMILES string of the molecule is C1=C(C23CCC(CC2)C3)CCCCCC1. The summed E-state index contributed by atoms with van der Waals surface area (Å²) < 4.78 is 0. The molecule has 0 N–H and O–H groups in total. The second-order valence-electron chi connectivity index (χ2n) is 6.11. The van der Waals surface area contributed by atoms with Crippen molar-refractivity contribution in [1.29, 1.82) is 0 Å². The molecule has 0 amide bonds. The minimum Gasteiger partial charge on any atom is -0.0848 e. The van der Waals surface area contributed by atoms with Gasteiger partial charge < -0.3 is 0 Å². The van der Waals surface area contributed by atoms with Crippen LogP contribution < -0.4 is 0 Å². The maximum absolute atomic E-state index is 2.65. The van der Waals surface area contributed by atoms with E-state index in [9.17, 15) is 0 Å². The van der Waals surface area contributed by atoms with E-state index in [1.807, 2.05) is 5.57 Å². The van der Waals surface area contributed by atoms with E-state index in [2.05, 4.69) is 6.08 Å². The van der Waals surface area contributed by atoms with Crippen LogP contribution in [-0.4, -0.2) is 0 Å². The average molecular weight is 204 g/mol. The summed E-state index contributed by atoms with van der Waals surface area (Å²) in [4.78, 5) is 0. The lowest BCUT2D eigenvalue weighted by Crippen LogP contribution is -2.18. The zero-order valence-corrected chi connectivity index (χ0v) is 9.93. The summed E-state index contributed by atoms with van der Waals surface area (Å²) in [5.41, 5.74) is 2.62. The first kappa shape index (κ1) is 9.93. The molecule has 2 saturated carbocycles. The van der Waals surface area contributed by atoms with Crippen molar-refractivity contribution in [2.75, 3.05) is 0 Å². The van der Waals surface area contributed by atoms with Crippen LogP contribution in [0.15, 0.2) is 11.6 Å². The van der Waals surface area contributed by atoms with Crippen LogP contribution >= 0.6 is 0 Å². The molecule has 2 bridgehead atoms. The third-order valence-corrected chi connectivity index (χ3v) is 5.21.